The first-order valence-corrected chi connectivity index (χ1v) is 5.20. The monoisotopic (exact) mass is 259 g/mol. The van der Waals surface area contributed by atoms with Crippen LogP contribution in [0.3, 0.4) is 0 Å². The van der Waals surface area contributed by atoms with Crippen LogP contribution in [0, 0.1) is 0 Å². The molecule has 0 aromatic heterocycles. The van der Waals surface area contributed by atoms with E-state index in [4.69, 9.17) is 15.9 Å². The number of nitrogens with zero attached hydrogens (tertiary/aromatic N) is 1. The average Bonchev–Trinajstić information content (AvgIpc) is 2.27. The van der Waals surface area contributed by atoms with E-state index in [0.717, 1.165) is 4.90 Å². The Morgan fingerprint density at radius 1 is 1.44 bits per heavy atom. The van der Waals surface area contributed by atoms with E-state index < -0.39 is 30.4 Å². The number of nitrogens with one attached hydrogen (secondary N) is 1. The maximum atomic E-state index is 11.7. The van der Waals surface area contributed by atoms with Gasteiger partial charge in [-0.05, 0) is 0 Å². The highest BCUT2D eigenvalue weighted by Crippen LogP contribution is 1.96. The van der Waals surface area contributed by atoms with Gasteiger partial charge in [-0.1, -0.05) is 6.08 Å². The molecule has 8 heteroatoms. The highest BCUT2D eigenvalue weighted by molar-refractivity contribution is 5.87. The van der Waals surface area contributed by atoms with Gasteiger partial charge in [-0.25, -0.2) is 9.59 Å². The summed E-state index contributed by atoms with van der Waals surface area (Å²) in [5, 5.41) is 19.7. The predicted octanol–water partition coefficient (Wildman–Crippen LogP) is -1.50. The number of hydrogen-bond donors (Lipinski definition) is 4. The van der Waals surface area contributed by atoms with Gasteiger partial charge in [-0.2, -0.15) is 0 Å². The zero-order valence-electron chi connectivity index (χ0n) is 9.83. The summed E-state index contributed by atoms with van der Waals surface area (Å²) in [6, 6.07) is -2.10. The van der Waals surface area contributed by atoms with Crippen molar-refractivity contribution in [3.63, 3.8) is 0 Å². The Balaban J connectivity index is 4.58. The van der Waals surface area contributed by atoms with E-state index in [1.54, 1.807) is 0 Å². The SMILES string of the molecule is C=CCN(CCO)C(=O)NC(CC(N)=O)C(=O)O. The molecule has 0 fully saturated rings. The largest absolute Gasteiger partial charge is 0.480 e. The molecule has 5 N–H and O–H groups in total. The molecule has 0 radical (unpaired) electrons. The molecule has 0 aliphatic rings. The molecule has 0 aliphatic carbocycles. The number of carboxylic acids is 1. The Hall–Kier alpha value is -2.09. The Kier molecular flexibility index (Phi) is 7.13. The van der Waals surface area contributed by atoms with Crippen LogP contribution in [0.5, 0.6) is 0 Å². The van der Waals surface area contributed by atoms with E-state index in [9.17, 15) is 14.4 Å². The number of carbonyl (C=O) groups is 3. The molecule has 102 valence electrons. The molecular formula is C10H17N3O5. The zero-order chi connectivity index (χ0) is 14.1. The molecule has 3 amide bonds. The van der Waals surface area contributed by atoms with Gasteiger partial charge in [0.05, 0.1) is 13.0 Å². The summed E-state index contributed by atoms with van der Waals surface area (Å²) in [7, 11) is 0. The lowest BCUT2D eigenvalue weighted by Crippen LogP contribution is -2.50. The first-order chi connectivity index (χ1) is 8.42. The van der Waals surface area contributed by atoms with Gasteiger partial charge < -0.3 is 26.2 Å². The number of aliphatic hydroxyl groups is 1. The van der Waals surface area contributed by atoms with Crippen LogP contribution in [0.2, 0.25) is 0 Å². The predicted molar refractivity (Wildman–Crippen MR) is 62.6 cm³/mol. The van der Waals surface area contributed by atoms with Gasteiger partial charge in [-0.15, -0.1) is 6.58 Å². The molecule has 0 spiro atoms. The third-order valence-electron chi connectivity index (χ3n) is 2.01. The lowest BCUT2D eigenvalue weighted by molar-refractivity contribution is -0.140. The number of amides is 3. The number of urea groups is 1. The maximum Gasteiger partial charge on any atom is 0.326 e. The van der Waals surface area contributed by atoms with Crippen molar-refractivity contribution in [1.29, 1.82) is 0 Å². The van der Waals surface area contributed by atoms with E-state index in [1.807, 2.05) is 0 Å². The minimum Gasteiger partial charge on any atom is -0.480 e. The molecule has 18 heavy (non-hydrogen) atoms. The Morgan fingerprint density at radius 3 is 2.44 bits per heavy atom. The fourth-order valence-corrected chi connectivity index (χ4v) is 1.19. The quantitative estimate of drug-likeness (QED) is 0.394. The van der Waals surface area contributed by atoms with Crippen molar-refractivity contribution in [2.45, 2.75) is 12.5 Å². The third-order valence-corrected chi connectivity index (χ3v) is 2.01. The normalized spacial score (nSPS) is 11.4. The number of carbonyl (C=O) groups excluding carboxylic acids is 2. The van der Waals surface area contributed by atoms with Crippen molar-refractivity contribution in [1.82, 2.24) is 10.2 Å². The Morgan fingerprint density at radius 2 is 2.06 bits per heavy atom. The van der Waals surface area contributed by atoms with Crippen molar-refractivity contribution in [2.75, 3.05) is 19.7 Å². The van der Waals surface area contributed by atoms with Crippen LogP contribution < -0.4 is 11.1 Å². The number of nitrogens with two attached hydrogens (primary N) is 1. The second kappa shape index (κ2) is 8.07. The van der Waals surface area contributed by atoms with Gasteiger partial charge in [0.15, 0.2) is 0 Å². The summed E-state index contributed by atoms with van der Waals surface area (Å²) in [6.45, 7) is 3.34. The minimum atomic E-state index is -1.39. The third kappa shape index (κ3) is 5.85. The molecule has 1 unspecified atom stereocenters. The summed E-state index contributed by atoms with van der Waals surface area (Å²) in [5.74, 6) is -2.19. The fourth-order valence-electron chi connectivity index (χ4n) is 1.19. The Bertz CT molecular complexity index is 331. The van der Waals surface area contributed by atoms with Crippen molar-refractivity contribution < 1.29 is 24.6 Å². The van der Waals surface area contributed by atoms with Crippen LogP contribution >= 0.6 is 0 Å². The number of aliphatic carboxylic acids is 1. The van der Waals surface area contributed by atoms with Crippen LogP contribution in [0.4, 0.5) is 4.79 Å². The summed E-state index contributed by atoms with van der Waals surface area (Å²) in [6.07, 6.45) is 0.932. The van der Waals surface area contributed by atoms with Crippen molar-refractivity contribution in [2.24, 2.45) is 5.73 Å². The highest BCUT2D eigenvalue weighted by atomic mass is 16.4. The minimum absolute atomic E-state index is 0.0285. The van der Waals surface area contributed by atoms with Crippen LogP contribution in [0.25, 0.3) is 0 Å². The van der Waals surface area contributed by atoms with Crippen LogP contribution in [-0.2, 0) is 9.59 Å². The summed E-state index contributed by atoms with van der Waals surface area (Å²) in [5.41, 5.74) is 4.88. The van der Waals surface area contributed by atoms with Gasteiger partial charge >= 0.3 is 12.0 Å². The van der Waals surface area contributed by atoms with Gasteiger partial charge in [0.25, 0.3) is 0 Å². The summed E-state index contributed by atoms with van der Waals surface area (Å²) >= 11 is 0. The highest BCUT2D eigenvalue weighted by Gasteiger charge is 2.24. The second-order valence-corrected chi connectivity index (χ2v) is 3.47. The van der Waals surface area contributed by atoms with Crippen molar-refractivity contribution >= 4 is 17.9 Å². The molecule has 0 rings (SSSR count). The van der Waals surface area contributed by atoms with Crippen LogP contribution in [0.15, 0.2) is 12.7 Å². The molecule has 0 aliphatic heterocycles. The molecule has 0 aromatic rings. The number of rotatable bonds is 8. The molecule has 0 saturated heterocycles. The summed E-state index contributed by atoms with van der Waals surface area (Å²) < 4.78 is 0. The molecule has 8 nitrogen and oxygen atoms in total. The zero-order valence-corrected chi connectivity index (χ0v) is 9.83. The van der Waals surface area contributed by atoms with E-state index in [2.05, 4.69) is 11.9 Å². The maximum absolute atomic E-state index is 11.7. The molecule has 0 heterocycles. The number of aliphatic hydroxyl groups excluding tert-OH is 1. The van der Waals surface area contributed by atoms with Crippen LogP contribution in [0.1, 0.15) is 6.42 Å². The van der Waals surface area contributed by atoms with Crippen molar-refractivity contribution in [3.8, 4) is 0 Å². The van der Waals surface area contributed by atoms with E-state index in [-0.39, 0.29) is 19.7 Å². The first-order valence-electron chi connectivity index (χ1n) is 5.20. The van der Waals surface area contributed by atoms with E-state index in [0.29, 0.717) is 0 Å². The van der Waals surface area contributed by atoms with Gasteiger partial charge in [0.1, 0.15) is 6.04 Å². The molecule has 0 bridgehead atoms. The number of carboxylic acid groups (broad SMARTS) is 1. The smallest absolute Gasteiger partial charge is 0.326 e. The van der Waals surface area contributed by atoms with E-state index >= 15 is 0 Å². The number of hydrogen-bond acceptors (Lipinski definition) is 4. The van der Waals surface area contributed by atoms with Gasteiger partial charge in [0, 0.05) is 13.1 Å². The fraction of sp³-hybridized carbons (Fsp3) is 0.500. The lowest BCUT2D eigenvalue weighted by atomic mass is 10.2. The van der Waals surface area contributed by atoms with Gasteiger partial charge in [-0.3, -0.25) is 4.79 Å². The molecule has 0 saturated carbocycles. The molecule has 1 atom stereocenters. The summed E-state index contributed by atoms with van der Waals surface area (Å²) in [4.78, 5) is 34.3. The Labute approximate surface area is 104 Å². The van der Waals surface area contributed by atoms with Crippen LogP contribution in [-0.4, -0.2) is 58.8 Å². The standard InChI is InChI=1S/C10H17N3O5/c1-2-3-13(4-5-14)10(18)12-7(9(16)17)6-8(11)15/h2,7,14H,1,3-6H2,(H2,11,15)(H,12,18)(H,16,17). The average molecular weight is 259 g/mol. The molecule has 0 aromatic carbocycles. The topological polar surface area (TPSA) is 133 Å². The molecular weight excluding hydrogens is 242 g/mol. The first kappa shape index (κ1) is 15.9. The number of primary amides is 1. The lowest BCUT2D eigenvalue weighted by Gasteiger charge is -2.22. The van der Waals surface area contributed by atoms with Gasteiger partial charge in [0.2, 0.25) is 5.91 Å². The second-order valence-electron chi connectivity index (χ2n) is 3.47. The van der Waals surface area contributed by atoms with Crippen molar-refractivity contribution in [3.05, 3.63) is 12.7 Å². The van der Waals surface area contributed by atoms with E-state index in [1.165, 1.54) is 6.08 Å².